The number of aromatic amines is 1. The maximum Gasteiger partial charge on any atom is 0.322 e. The molecule has 8 nitrogen and oxygen atoms in total. The van der Waals surface area contributed by atoms with E-state index in [9.17, 15) is 4.79 Å². The lowest BCUT2D eigenvalue weighted by Gasteiger charge is -1.98. The van der Waals surface area contributed by atoms with Gasteiger partial charge in [-0.15, -0.1) is 10.2 Å². The first-order valence-corrected chi connectivity index (χ1v) is 9.06. The lowest BCUT2D eigenvalue weighted by Crippen LogP contribution is -2.14. The Balaban J connectivity index is 1.33. The van der Waals surface area contributed by atoms with Gasteiger partial charge in [-0.1, -0.05) is 65.4 Å². The average molecular weight is 378 g/mol. The number of nitrogens with zero attached hydrogens (tertiary/aromatic N) is 4. The first kappa shape index (κ1) is 17.0. The Bertz CT molecular complexity index is 1030. The third kappa shape index (κ3) is 4.21. The van der Waals surface area contributed by atoms with Gasteiger partial charge in [-0.25, -0.2) is 4.98 Å². The molecule has 27 heavy (non-hydrogen) atoms. The predicted molar refractivity (Wildman–Crippen MR) is 101 cm³/mol. The van der Waals surface area contributed by atoms with Crippen molar-refractivity contribution < 1.29 is 9.21 Å². The van der Waals surface area contributed by atoms with Gasteiger partial charge in [-0.3, -0.25) is 15.2 Å². The second-order valence-electron chi connectivity index (χ2n) is 5.45. The summed E-state index contributed by atoms with van der Waals surface area (Å²) in [6.07, 6.45) is 0. The van der Waals surface area contributed by atoms with Crippen LogP contribution in [-0.2, 0) is 4.79 Å². The van der Waals surface area contributed by atoms with E-state index >= 15 is 0 Å². The molecule has 1 amide bonds. The van der Waals surface area contributed by atoms with E-state index in [1.54, 1.807) is 0 Å². The van der Waals surface area contributed by atoms with Crippen molar-refractivity contribution in [3.8, 4) is 22.8 Å². The molecule has 9 heteroatoms. The summed E-state index contributed by atoms with van der Waals surface area (Å²) >= 11 is 1.21. The van der Waals surface area contributed by atoms with Crippen LogP contribution in [0.25, 0.3) is 22.8 Å². The first-order chi connectivity index (χ1) is 13.3. The highest BCUT2D eigenvalue weighted by Crippen LogP contribution is 2.21. The number of hydrogen-bond acceptors (Lipinski definition) is 7. The summed E-state index contributed by atoms with van der Waals surface area (Å²) in [7, 11) is 0. The highest BCUT2D eigenvalue weighted by molar-refractivity contribution is 7.99. The zero-order chi connectivity index (χ0) is 18.5. The Kier molecular flexibility index (Phi) is 4.93. The second kappa shape index (κ2) is 7.83. The Hall–Kier alpha value is -3.46. The number of carbonyl (C=O) groups excluding carboxylic acids is 1. The van der Waals surface area contributed by atoms with Crippen molar-refractivity contribution in [2.24, 2.45) is 0 Å². The van der Waals surface area contributed by atoms with Gasteiger partial charge in [0.15, 0.2) is 5.82 Å². The molecule has 2 aromatic heterocycles. The molecular weight excluding hydrogens is 364 g/mol. The molecule has 0 unspecified atom stereocenters. The van der Waals surface area contributed by atoms with Gasteiger partial charge in [-0.2, -0.15) is 0 Å². The molecular formula is C18H14N6O2S. The van der Waals surface area contributed by atoms with Crippen molar-refractivity contribution >= 4 is 23.7 Å². The number of benzene rings is 2. The van der Waals surface area contributed by atoms with Crippen molar-refractivity contribution in [1.29, 1.82) is 0 Å². The monoisotopic (exact) mass is 378 g/mol. The Labute approximate surface area is 158 Å². The van der Waals surface area contributed by atoms with Crippen molar-refractivity contribution in [3.05, 3.63) is 60.7 Å². The van der Waals surface area contributed by atoms with Crippen LogP contribution in [0.2, 0.25) is 0 Å². The quantitative estimate of drug-likeness (QED) is 0.496. The molecule has 0 radical (unpaired) electrons. The zero-order valence-electron chi connectivity index (χ0n) is 14.0. The zero-order valence-corrected chi connectivity index (χ0v) is 14.8. The van der Waals surface area contributed by atoms with Crippen LogP contribution in [-0.4, -0.2) is 37.0 Å². The number of anilines is 1. The van der Waals surface area contributed by atoms with Crippen LogP contribution >= 0.6 is 11.8 Å². The first-order valence-electron chi connectivity index (χ1n) is 8.07. The van der Waals surface area contributed by atoms with E-state index in [1.807, 2.05) is 60.7 Å². The molecule has 2 heterocycles. The summed E-state index contributed by atoms with van der Waals surface area (Å²) in [5.41, 5.74) is 1.72. The van der Waals surface area contributed by atoms with Crippen LogP contribution in [0.1, 0.15) is 0 Å². The molecule has 0 saturated heterocycles. The van der Waals surface area contributed by atoms with Gasteiger partial charge in [-0.05, 0) is 12.1 Å². The molecule has 134 valence electrons. The summed E-state index contributed by atoms with van der Waals surface area (Å²) in [5.74, 6) is 0.840. The molecule has 0 spiro atoms. The van der Waals surface area contributed by atoms with E-state index in [0.717, 1.165) is 11.1 Å². The van der Waals surface area contributed by atoms with Gasteiger partial charge in [0.05, 0.1) is 5.75 Å². The lowest BCUT2D eigenvalue weighted by atomic mass is 10.2. The number of amides is 1. The summed E-state index contributed by atoms with van der Waals surface area (Å²) in [5, 5.41) is 17.8. The van der Waals surface area contributed by atoms with Crippen LogP contribution < -0.4 is 5.32 Å². The van der Waals surface area contributed by atoms with Crippen LogP contribution in [0.4, 0.5) is 6.01 Å². The molecule has 0 bridgehead atoms. The van der Waals surface area contributed by atoms with E-state index in [4.69, 9.17) is 4.42 Å². The number of carbonyl (C=O) groups is 1. The van der Waals surface area contributed by atoms with Gasteiger partial charge in [0.1, 0.15) is 0 Å². The number of H-pyrrole nitrogens is 1. The largest absolute Gasteiger partial charge is 0.403 e. The van der Waals surface area contributed by atoms with Gasteiger partial charge < -0.3 is 4.42 Å². The molecule has 2 aromatic carbocycles. The maximum atomic E-state index is 12.1. The van der Waals surface area contributed by atoms with Gasteiger partial charge in [0.25, 0.3) is 0 Å². The van der Waals surface area contributed by atoms with Crippen molar-refractivity contribution in [2.45, 2.75) is 5.16 Å². The number of nitrogens with one attached hydrogen (secondary N) is 2. The van der Waals surface area contributed by atoms with E-state index in [0.29, 0.717) is 16.9 Å². The van der Waals surface area contributed by atoms with Crippen LogP contribution in [0, 0.1) is 0 Å². The molecule has 0 fully saturated rings. The minimum absolute atomic E-state index is 0.0550. The number of hydrogen-bond donors (Lipinski definition) is 2. The minimum atomic E-state index is -0.283. The van der Waals surface area contributed by atoms with Gasteiger partial charge in [0.2, 0.25) is 17.0 Å². The van der Waals surface area contributed by atoms with E-state index < -0.39 is 0 Å². The standard InChI is InChI=1S/C18H14N6O2S/c25-14(19-17-23-22-16(26-17)13-9-5-2-6-10-13)11-27-18-20-15(21-24-18)12-7-3-1-4-8-12/h1-10H,11H2,(H,19,23,25)(H,20,21,24). The summed E-state index contributed by atoms with van der Waals surface area (Å²) in [6.45, 7) is 0. The molecule has 0 aliphatic carbocycles. The highest BCUT2D eigenvalue weighted by atomic mass is 32.2. The number of aromatic nitrogens is 5. The maximum absolute atomic E-state index is 12.1. The summed E-state index contributed by atoms with van der Waals surface area (Å²) in [4.78, 5) is 16.5. The van der Waals surface area contributed by atoms with Crippen LogP contribution in [0.5, 0.6) is 0 Å². The normalized spacial score (nSPS) is 10.7. The fourth-order valence-electron chi connectivity index (χ4n) is 2.29. The summed E-state index contributed by atoms with van der Waals surface area (Å²) in [6, 6.07) is 19.0. The number of rotatable bonds is 6. The molecule has 0 aliphatic rings. The fraction of sp³-hybridized carbons (Fsp3) is 0.0556. The van der Waals surface area contributed by atoms with Crippen LogP contribution in [0.3, 0.4) is 0 Å². The third-order valence-electron chi connectivity index (χ3n) is 3.54. The Morgan fingerprint density at radius 3 is 2.44 bits per heavy atom. The molecule has 0 aliphatic heterocycles. The van der Waals surface area contributed by atoms with E-state index in [2.05, 4.69) is 30.7 Å². The fourth-order valence-corrected chi connectivity index (χ4v) is 2.89. The third-order valence-corrected chi connectivity index (χ3v) is 4.38. The molecule has 2 N–H and O–H groups in total. The molecule has 4 aromatic rings. The SMILES string of the molecule is O=C(CSc1n[nH]c(-c2ccccc2)n1)Nc1nnc(-c2ccccc2)o1. The highest BCUT2D eigenvalue weighted by Gasteiger charge is 2.13. The van der Waals surface area contributed by atoms with E-state index in [1.165, 1.54) is 11.8 Å². The lowest BCUT2D eigenvalue weighted by molar-refractivity contribution is -0.113. The van der Waals surface area contributed by atoms with E-state index in [-0.39, 0.29) is 17.7 Å². The van der Waals surface area contributed by atoms with Gasteiger partial charge in [0, 0.05) is 11.1 Å². The van der Waals surface area contributed by atoms with Crippen molar-refractivity contribution in [2.75, 3.05) is 11.1 Å². The molecule has 0 atom stereocenters. The van der Waals surface area contributed by atoms with Crippen molar-refractivity contribution in [1.82, 2.24) is 25.4 Å². The summed E-state index contributed by atoms with van der Waals surface area (Å²) < 4.78 is 5.45. The number of thioether (sulfide) groups is 1. The van der Waals surface area contributed by atoms with Gasteiger partial charge >= 0.3 is 6.01 Å². The Morgan fingerprint density at radius 2 is 1.70 bits per heavy atom. The Morgan fingerprint density at radius 1 is 1.00 bits per heavy atom. The molecule has 4 rings (SSSR count). The average Bonchev–Trinajstić information content (AvgIpc) is 3.37. The van der Waals surface area contributed by atoms with Crippen molar-refractivity contribution in [3.63, 3.8) is 0 Å². The topological polar surface area (TPSA) is 110 Å². The van der Waals surface area contributed by atoms with Crippen LogP contribution in [0.15, 0.2) is 70.2 Å². The minimum Gasteiger partial charge on any atom is -0.403 e. The second-order valence-corrected chi connectivity index (χ2v) is 6.39. The molecule has 0 saturated carbocycles. The smallest absolute Gasteiger partial charge is 0.322 e. The predicted octanol–water partition coefficient (Wildman–Crippen LogP) is 3.25.